The molecular weight excluding hydrogens is 201 g/mol. The van der Waals surface area contributed by atoms with E-state index in [1.807, 2.05) is 0 Å². The summed E-state index contributed by atoms with van der Waals surface area (Å²) in [6, 6.07) is 1.62. The largest absolute Gasteiger partial charge is 0.522 e. The van der Waals surface area contributed by atoms with Crippen LogP contribution in [0, 0.1) is 0 Å². The number of nitrogens with one attached hydrogen (secondary N) is 1. The van der Waals surface area contributed by atoms with Gasteiger partial charge in [0.2, 0.25) is 0 Å². The third-order valence-corrected chi connectivity index (χ3v) is 1.34. The van der Waals surface area contributed by atoms with E-state index in [-0.39, 0.29) is 6.54 Å². The molecule has 0 atom stereocenters. The summed E-state index contributed by atoms with van der Waals surface area (Å²) in [7, 11) is 0. The molecule has 1 N–H and O–H groups in total. The van der Waals surface area contributed by atoms with Crippen LogP contribution in [0.2, 0.25) is 0 Å². The Labute approximate surface area is 78.0 Å². The van der Waals surface area contributed by atoms with Gasteiger partial charge in [-0.2, -0.15) is 0 Å². The van der Waals surface area contributed by atoms with Crippen molar-refractivity contribution in [1.82, 2.24) is 10.5 Å². The molecule has 0 radical (unpaired) electrons. The summed E-state index contributed by atoms with van der Waals surface area (Å²) < 4.78 is 42.7. The normalized spacial score (nSPS) is 11.9. The van der Waals surface area contributed by atoms with Crippen molar-refractivity contribution in [2.45, 2.75) is 12.9 Å². The van der Waals surface area contributed by atoms with Gasteiger partial charge in [0.05, 0.1) is 19.3 Å². The number of alkyl halides is 3. The predicted octanol–water partition coefficient (Wildman–Crippen LogP) is 1.30. The van der Waals surface area contributed by atoms with Crippen molar-refractivity contribution in [3.63, 3.8) is 0 Å². The maximum atomic E-state index is 11.5. The molecule has 0 aliphatic heterocycles. The van der Waals surface area contributed by atoms with Crippen LogP contribution in [0.5, 0.6) is 0 Å². The Hall–Kier alpha value is -1.08. The van der Waals surface area contributed by atoms with Crippen molar-refractivity contribution in [1.29, 1.82) is 0 Å². The van der Waals surface area contributed by atoms with Crippen LogP contribution in [0.1, 0.15) is 5.76 Å². The molecule has 14 heavy (non-hydrogen) atoms. The highest BCUT2D eigenvalue weighted by atomic mass is 19.4. The molecule has 1 heterocycles. The fourth-order valence-electron chi connectivity index (χ4n) is 0.784. The average molecular weight is 210 g/mol. The summed E-state index contributed by atoms with van der Waals surface area (Å²) >= 11 is 0. The van der Waals surface area contributed by atoms with E-state index < -0.39 is 13.0 Å². The van der Waals surface area contributed by atoms with Crippen LogP contribution < -0.4 is 5.32 Å². The molecule has 4 nitrogen and oxygen atoms in total. The topological polar surface area (TPSA) is 47.3 Å². The summed E-state index contributed by atoms with van der Waals surface area (Å²) in [5.74, 6) is 0.567. The van der Waals surface area contributed by atoms with Gasteiger partial charge in [-0.1, -0.05) is 5.16 Å². The number of rotatable bonds is 5. The number of aromatic nitrogens is 1. The van der Waals surface area contributed by atoms with Crippen LogP contribution in [0.15, 0.2) is 16.8 Å². The van der Waals surface area contributed by atoms with Gasteiger partial charge in [0.25, 0.3) is 0 Å². The predicted molar refractivity (Wildman–Crippen MR) is 40.2 cm³/mol. The lowest BCUT2D eigenvalue weighted by atomic mass is 10.4. The van der Waals surface area contributed by atoms with Crippen LogP contribution in [-0.4, -0.2) is 24.7 Å². The van der Waals surface area contributed by atoms with Crippen LogP contribution in [0.3, 0.4) is 0 Å². The van der Waals surface area contributed by atoms with Crippen molar-refractivity contribution in [3.8, 4) is 0 Å². The molecule has 0 bridgehead atoms. The van der Waals surface area contributed by atoms with Gasteiger partial charge in [-0.25, -0.2) is 0 Å². The van der Waals surface area contributed by atoms with E-state index >= 15 is 0 Å². The second-order valence-electron chi connectivity index (χ2n) is 2.45. The summed E-state index contributed by atoms with van der Waals surface area (Å²) in [6.45, 7) is 0.0130. The van der Waals surface area contributed by atoms with E-state index in [4.69, 9.17) is 4.52 Å². The van der Waals surface area contributed by atoms with Gasteiger partial charge >= 0.3 is 6.36 Å². The smallest absolute Gasteiger partial charge is 0.360 e. The SMILES string of the molecule is FC(F)(F)OCCNCc1ccno1. The van der Waals surface area contributed by atoms with Gasteiger partial charge in [-0.3, -0.25) is 4.74 Å². The Morgan fingerprint density at radius 1 is 1.50 bits per heavy atom. The molecule has 0 aromatic carbocycles. The molecule has 0 amide bonds. The molecule has 0 saturated carbocycles. The molecule has 0 aliphatic carbocycles. The highest BCUT2D eigenvalue weighted by Crippen LogP contribution is 2.15. The van der Waals surface area contributed by atoms with Crippen molar-refractivity contribution < 1.29 is 22.4 Å². The van der Waals surface area contributed by atoms with E-state index in [9.17, 15) is 13.2 Å². The minimum atomic E-state index is -4.56. The Morgan fingerprint density at radius 2 is 2.29 bits per heavy atom. The number of hydrogen-bond donors (Lipinski definition) is 1. The Balaban J connectivity index is 2.00. The molecule has 7 heteroatoms. The maximum absolute atomic E-state index is 11.5. The molecule has 1 aromatic heterocycles. The first-order chi connectivity index (χ1) is 6.58. The lowest BCUT2D eigenvalue weighted by molar-refractivity contribution is -0.323. The number of hydrogen-bond acceptors (Lipinski definition) is 4. The van der Waals surface area contributed by atoms with Crippen LogP contribution in [0.25, 0.3) is 0 Å². The second-order valence-corrected chi connectivity index (χ2v) is 2.45. The molecule has 1 aromatic rings. The summed E-state index contributed by atoms with van der Waals surface area (Å²) in [5.41, 5.74) is 0. The molecule has 0 unspecified atom stereocenters. The van der Waals surface area contributed by atoms with Crippen LogP contribution in [-0.2, 0) is 11.3 Å². The van der Waals surface area contributed by atoms with E-state index in [0.29, 0.717) is 12.3 Å². The molecule has 0 fully saturated rings. The second kappa shape index (κ2) is 4.97. The van der Waals surface area contributed by atoms with Crippen molar-refractivity contribution >= 4 is 0 Å². The van der Waals surface area contributed by atoms with E-state index in [2.05, 4.69) is 15.2 Å². The van der Waals surface area contributed by atoms with E-state index in [1.54, 1.807) is 6.07 Å². The van der Waals surface area contributed by atoms with Gasteiger partial charge in [0.1, 0.15) is 5.76 Å². The van der Waals surface area contributed by atoms with Crippen molar-refractivity contribution in [3.05, 3.63) is 18.0 Å². The van der Waals surface area contributed by atoms with Gasteiger partial charge < -0.3 is 9.84 Å². The number of halogens is 3. The zero-order valence-electron chi connectivity index (χ0n) is 7.17. The highest BCUT2D eigenvalue weighted by molar-refractivity contribution is 4.91. The molecule has 0 spiro atoms. The number of ether oxygens (including phenoxy) is 1. The fourth-order valence-corrected chi connectivity index (χ4v) is 0.784. The molecule has 1 rings (SSSR count). The van der Waals surface area contributed by atoms with E-state index in [0.717, 1.165) is 0 Å². The Bertz CT molecular complexity index is 248. The zero-order valence-corrected chi connectivity index (χ0v) is 7.17. The lowest BCUT2D eigenvalue weighted by Gasteiger charge is -2.06. The van der Waals surface area contributed by atoms with Gasteiger partial charge in [-0.05, 0) is 0 Å². The van der Waals surface area contributed by atoms with Crippen LogP contribution >= 0.6 is 0 Å². The fraction of sp³-hybridized carbons (Fsp3) is 0.571. The summed E-state index contributed by atoms with van der Waals surface area (Å²) in [4.78, 5) is 0. The maximum Gasteiger partial charge on any atom is 0.522 e. The minimum Gasteiger partial charge on any atom is -0.360 e. The summed E-state index contributed by atoms with van der Waals surface area (Å²) in [6.07, 6.45) is -3.10. The van der Waals surface area contributed by atoms with E-state index in [1.165, 1.54) is 6.20 Å². The Kier molecular flexibility index (Phi) is 3.90. The molecule has 80 valence electrons. The third-order valence-electron chi connectivity index (χ3n) is 1.34. The first kappa shape index (κ1) is 11.0. The van der Waals surface area contributed by atoms with Gasteiger partial charge in [0, 0.05) is 12.6 Å². The van der Waals surface area contributed by atoms with Gasteiger partial charge in [0.15, 0.2) is 0 Å². The van der Waals surface area contributed by atoms with Crippen LogP contribution in [0.4, 0.5) is 13.2 Å². The van der Waals surface area contributed by atoms with Crippen molar-refractivity contribution in [2.75, 3.05) is 13.2 Å². The average Bonchev–Trinajstić information content (AvgIpc) is 2.54. The molecule has 0 saturated heterocycles. The monoisotopic (exact) mass is 210 g/mol. The first-order valence-electron chi connectivity index (χ1n) is 3.89. The quantitative estimate of drug-likeness (QED) is 0.744. The highest BCUT2D eigenvalue weighted by Gasteiger charge is 2.28. The Morgan fingerprint density at radius 3 is 2.86 bits per heavy atom. The molecule has 0 aliphatic rings. The zero-order chi connectivity index (χ0) is 10.4. The standard InChI is InChI=1S/C7H9F3N2O2/c8-7(9,10)13-4-3-11-5-6-1-2-12-14-6/h1-2,11H,3-5H2. The minimum absolute atomic E-state index is 0.0974. The van der Waals surface area contributed by atoms with Gasteiger partial charge in [-0.15, -0.1) is 13.2 Å². The first-order valence-corrected chi connectivity index (χ1v) is 3.89. The van der Waals surface area contributed by atoms with Crippen molar-refractivity contribution in [2.24, 2.45) is 0 Å². The lowest BCUT2D eigenvalue weighted by Crippen LogP contribution is -2.23. The third kappa shape index (κ3) is 4.83. The number of nitrogens with zero attached hydrogens (tertiary/aromatic N) is 1. The molecular formula is C7H9F3N2O2. The summed E-state index contributed by atoms with van der Waals surface area (Å²) in [5, 5.41) is 6.14.